The summed E-state index contributed by atoms with van der Waals surface area (Å²) in [6.45, 7) is 0. The van der Waals surface area contributed by atoms with Crippen LogP contribution in [-0.4, -0.2) is 16.1 Å². The maximum Gasteiger partial charge on any atom is 0.185 e. The Kier molecular flexibility index (Phi) is 8.50. The SMILES string of the molecule is c1ccc(-c2ccc3c(c2)[Si](c2ccccc2)(c2ccccc2)c2cc4c(sc5ccccc54)c4c2N3c2ccc(-c3ccccc3)cc2[Si]4(c2ccccc2)c2ccccc2)cc1. The molecule has 0 spiro atoms. The maximum atomic E-state index is 2.72. The smallest absolute Gasteiger partial charge is 0.185 e. The van der Waals surface area contributed by atoms with Crippen LogP contribution in [0.5, 0.6) is 0 Å². The lowest BCUT2D eigenvalue weighted by atomic mass is 10.0. The summed E-state index contributed by atoms with van der Waals surface area (Å²) >= 11 is 1.98. The van der Waals surface area contributed by atoms with E-state index in [2.05, 4.69) is 254 Å². The molecule has 0 unspecified atom stereocenters. The Bertz CT molecular complexity index is 3450. The number of benzene rings is 10. The van der Waals surface area contributed by atoms with Gasteiger partial charge in [0.15, 0.2) is 16.1 Å². The number of rotatable bonds is 6. The fourth-order valence-electron chi connectivity index (χ4n) is 11.4. The summed E-state index contributed by atoms with van der Waals surface area (Å²) in [5.74, 6) is 0. The average Bonchev–Trinajstić information content (AvgIpc) is 3.76. The van der Waals surface area contributed by atoms with Crippen molar-refractivity contribution < 1.29 is 0 Å². The lowest BCUT2D eigenvalue weighted by molar-refractivity contribution is 1.30. The van der Waals surface area contributed by atoms with E-state index in [1.807, 2.05) is 11.3 Å². The summed E-state index contributed by atoms with van der Waals surface area (Å²) in [6, 6.07) is 94.9. The summed E-state index contributed by atoms with van der Waals surface area (Å²) < 4.78 is 2.72. The highest BCUT2D eigenvalue weighted by Crippen LogP contribution is 2.46. The molecule has 11 aromatic rings. The minimum absolute atomic E-state index is 1.23. The zero-order valence-electron chi connectivity index (χ0n) is 35.0. The van der Waals surface area contributed by atoms with Crippen LogP contribution in [0.25, 0.3) is 42.4 Å². The third-order valence-corrected chi connectivity index (χ3v) is 25.0. The number of hydrogen-bond acceptors (Lipinski definition) is 2. The third-order valence-electron chi connectivity index (χ3n) is 14.0. The molecule has 0 fully saturated rings. The molecule has 1 nitrogen and oxygen atoms in total. The van der Waals surface area contributed by atoms with E-state index < -0.39 is 16.1 Å². The second kappa shape index (κ2) is 14.6. The molecule has 13 rings (SSSR count). The largest absolute Gasteiger partial charge is 0.311 e. The van der Waals surface area contributed by atoms with Crippen molar-refractivity contribution >= 4 is 106 Å². The molecular weight excluding hydrogens is 823 g/mol. The highest BCUT2D eigenvalue weighted by atomic mass is 32.1. The van der Waals surface area contributed by atoms with Gasteiger partial charge in [-0.15, -0.1) is 11.3 Å². The normalized spacial score (nSPS) is 14.2. The fraction of sp³-hybridized carbons (Fsp3) is 0. The second-order valence-electron chi connectivity index (χ2n) is 17.1. The first kappa shape index (κ1) is 37.2. The summed E-state index contributed by atoms with van der Waals surface area (Å²) in [5, 5.41) is 14.0. The van der Waals surface area contributed by atoms with Crippen LogP contribution in [0.3, 0.4) is 0 Å². The summed E-state index contributed by atoms with van der Waals surface area (Å²) in [4.78, 5) is 2.72. The number of fused-ring (bicyclic) bond motifs is 8. The Morgan fingerprint density at radius 2 is 0.719 bits per heavy atom. The van der Waals surface area contributed by atoms with Crippen LogP contribution in [0.4, 0.5) is 17.1 Å². The van der Waals surface area contributed by atoms with Crippen molar-refractivity contribution in [2.45, 2.75) is 0 Å². The molecule has 0 N–H and O–H groups in total. The lowest BCUT2D eigenvalue weighted by Crippen LogP contribution is -2.82. The van der Waals surface area contributed by atoms with E-state index in [-0.39, 0.29) is 0 Å². The molecule has 4 heteroatoms. The first-order valence-corrected chi connectivity index (χ1v) is 27.0. The van der Waals surface area contributed by atoms with Gasteiger partial charge in [0.25, 0.3) is 0 Å². The van der Waals surface area contributed by atoms with Crippen LogP contribution < -0.4 is 46.4 Å². The first-order valence-electron chi connectivity index (χ1n) is 22.2. The van der Waals surface area contributed by atoms with E-state index in [4.69, 9.17) is 0 Å². The predicted molar refractivity (Wildman–Crippen MR) is 279 cm³/mol. The van der Waals surface area contributed by atoms with Crippen molar-refractivity contribution in [2.24, 2.45) is 0 Å². The molecule has 10 aromatic carbocycles. The molecule has 2 aliphatic heterocycles. The quantitative estimate of drug-likeness (QED) is 0.151. The zero-order valence-corrected chi connectivity index (χ0v) is 37.8. The Labute approximate surface area is 379 Å². The van der Waals surface area contributed by atoms with Gasteiger partial charge in [0.2, 0.25) is 0 Å². The number of nitrogens with zero attached hydrogens (tertiary/aromatic N) is 1. The summed E-state index contributed by atoms with van der Waals surface area (Å²) in [7, 11) is -6.32. The van der Waals surface area contributed by atoms with Crippen molar-refractivity contribution in [2.75, 3.05) is 4.90 Å². The molecule has 0 saturated heterocycles. The molecule has 3 heterocycles. The van der Waals surface area contributed by atoms with Crippen LogP contribution >= 0.6 is 11.3 Å². The van der Waals surface area contributed by atoms with Gasteiger partial charge in [-0.25, -0.2) is 0 Å². The minimum atomic E-state index is -3.18. The van der Waals surface area contributed by atoms with Crippen molar-refractivity contribution in [3.05, 3.63) is 249 Å². The second-order valence-corrected chi connectivity index (χ2v) is 25.6. The standard InChI is InChI=1S/C60H41NSSi2/c1-7-21-42(22-8-1)44-35-37-52-55(39-44)63(46-25-11-3-12-26-46,47-27-13-4-14-28-47)57-41-51-50-33-19-20-34-54(50)62-59(51)60-58(57)61(52)53-38-36-45(43-23-9-2-10-24-43)40-56(53)64(60,48-29-15-5-16-30-48)49-31-17-6-18-32-49/h1-41H. The van der Waals surface area contributed by atoms with Crippen molar-refractivity contribution in [1.29, 1.82) is 0 Å². The minimum Gasteiger partial charge on any atom is -0.311 e. The van der Waals surface area contributed by atoms with E-state index >= 15 is 0 Å². The van der Waals surface area contributed by atoms with Crippen molar-refractivity contribution in [3.63, 3.8) is 0 Å². The number of hydrogen-bond donors (Lipinski definition) is 0. The van der Waals surface area contributed by atoms with Gasteiger partial charge >= 0.3 is 0 Å². The fourth-order valence-corrected chi connectivity index (χ4v) is 23.6. The summed E-state index contributed by atoms with van der Waals surface area (Å²) in [5.41, 5.74) is 8.85. The van der Waals surface area contributed by atoms with Gasteiger partial charge in [-0.05, 0) is 81.9 Å². The molecule has 2 aliphatic rings. The molecule has 0 saturated carbocycles. The Hall–Kier alpha value is -7.35. The molecule has 300 valence electrons. The van der Waals surface area contributed by atoms with E-state index in [0.717, 1.165) is 0 Å². The van der Waals surface area contributed by atoms with E-state index in [0.29, 0.717) is 0 Å². The van der Waals surface area contributed by atoms with Crippen LogP contribution in [0.15, 0.2) is 249 Å². The van der Waals surface area contributed by atoms with Gasteiger partial charge in [-0.3, -0.25) is 0 Å². The van der Waals surface area contributed by atoms with Crippen molar-refractivity contribution in [1.82, 2.24) is 0 Å². The lowest BCUT2D eigenvalue weighted by Gasteiger charge is -2.52. The molecular formula is C60H41NSSi2. The average molecular weight is 864 g/mol. The third kappa shape index (κ3) is 5.22. The highest BCUT2D eigenvalue weighted by Gasteiger charge is 2.57. The molecule has 1 aromatic heterocycles. The Balaban J connectivity index is 1.31. The predicted octanol–water partition coefficient (Wildman–Crippen LogP) is 10.2. The van der Waals surface area contributed by atoms with Crippen molar-refractivity contribution in [3.8, 4) is 22.3 Å². The highest BCUT2D eigenvalue weighted by molar-refractivity contribution is 7.32. The molecule has 0 atom stereocenters. The van der Waals surface area contributed by atoms with Gasteiger partial charge in [0.1, 0.15) is 0 Å². The maximum absolute atomic E-state index is 3.18. The first-order chi connectivity index (χ1) is 31.8. The molecule has 0 amide bonds. The van der Waals surface area contributed by atoms with Crippen LogP contribution in [0.2, 0.25) is 0 Å². The Morgan fingerprint density at radius 1 is 0.312 bits per heavy atom. The van der Waals surface area contributed by atoms with E-state index in [1.54, 1.807) is 0 Å². The molecule has 0 radical (unpaired) electrons. The van der Waals surface area contributed by atoms with Crippen LogP contribution in [0.1, 0.15) is 0 Å². The van der Waals surface area contributed by atoms with Gasteiger partial charge < -0.3 is 4.90 Å². The zero-order chi connectivity index (χ0) is 42.2. The number of thiophene rings is 1. The molecule has 0 aliphatic carbocycles. The number of anilines is 3. The van der Waals surface area contributed by atoms with E-state index in [9.17, 15) is 0 Å². The monoisotopic (exact) mass is 863 g/mol. The molecule has 64 heavy (non-hydrogen) atoms. The van der Waals surface area contributed by atoms with E-state index in [1.165, 1.54) is 101 Å². The van der Waals surface area contributed by atoms with Crippen LogP contribution in [0, 0.1) is 0 Å². The Morgan fingerprint density at radius 3 is 1.20 bits per heavy atom. The topological polar surface area (TPSA) is 3.24 Å². The summed E-state index contributed by atoms with van der Waals surface area (Å²) in [6.07, 6.45) is 0. The van der Waals surface area contributed by atoms with Crippen LogP contribution in [-0.2, 0) is 0 Å². The van der Waals surface area contributed by atoms with Gasteiger partial charge in [-0.2, -0.15) is 0 Å². The van der Waals surface area contributed by atoms with Gasteiger partial charge in [0, 0.05) is 37.2 Å². The van der Waals surface area contributed by atoms with Gasteiger partial charge in [0.05, 0.1) is 0 Å². The molecule has 0 bridgehead atoms. The van der Waals surface area contributed by atoms with Gasteiger partial charge in [-0.1, -0.05) is 231 Å².